The predicted octanol–water partition coefficient (Wildman–Crippen LogP) is 2.71. The summed E-state index contributed by atoms with van der Waals surface area (Å²) in [6.45, 7) is 0.489. The zero-order valence-electron chi connectivity index (χ0n) is 17.0. The number of benzene rings is 1. The lowest BCUT2D eigenvalue weighted by Crippen LogP contribution is -2.27. The van der Waals surface area contributed by atoms with Gasteiger partial charge in [0.15, 0.2) is 0 Å². The van der Waals surface area contributed by atoms with E-state index in [1.807, 2.05) is 43.3 Å². The van der Waals surface area contributed by atoms with Crippen molar-refractivity contribution in [3.8, 4) is 0 Å². The number of para-hydroxylation sites is 1. The largest absolute Gasteiger partial charge is 0.378 e. The van der Waals surface area contributed by atoms with Crippen molar-refractivity contribution in [2.45, 2.75) is 44.7 Å². The van der Waals surface area contributed by atoms with E-state index in [-0.39, 0.29) is 17.5 Å². The van der Waals surface area contributed by atoms with Gasteiger partial charge in [0.1, 0.15) is 5.69 Å². The number of anilines is 3. The SMILES string of the molecule is CN(C)c1ccccc1CNc1nc(N)c([N+](=O)[O-])c(CC2CCC(N)CC2)n1. The highest BCUT2D eigenvalue weighted by molar-refractivity contribution is 5.59. The molecule has 0 saturated heterocycles. The molecular weight excluding hydrogens is 370 g/mol. The number of nitrogens with zero attached hydrogens (tertiary/aromatic N) is 4. The van der Waals surface area contributed by atoms with Crippen LogP contribution in [0.25, 0.3) is 0 Å². The van der Waals surface area contributed by atoms with Crippen LogP contribution in [0, 0.1) is 16.0 Å². The molecule has 1 saturated carbocycles. The smallest absolute Gasteiger partial charge is 0.332 e. The molecule has 9 nitrogen and oxygen atoms in total. The Balaban J connectivity index is 1.81. The van der Waals surface area contributed by atoms with Crippen molar-refractivity contribution in [3.63, 3.8) is 0 Å². The van der Waals surface area contributed by atoms with Gasteiger partial charge in [-0.25, -0.2) is 4.98 Å². The fourth-order valence-electron chi connectivity index (χ4n) is 3.88. The van der Waals surface area contributed by atoms with Crippen LogP contribution in [-0.4, -0.2) is 35.0 Å². The normalized spacial score (nSPS) is 19.0. The van der Waals surface area contributed by atoms with Crippen LogP contribution in [0.15, 0.2) is 24.3 Å². The molecule has 1 aromatic heterocycles. The lowest BCUT2D eigenvalue weighted by molar-refractivity contribution is -0.385. The van der Waals surface area contributed by atoms with Gasteiger partial charge in [0.2, 0.25) is 11.8 Å². The Labute approximate surface area is 170 Å². The van der Waals surface area contributed by atoms with E-state index >= 15 is 0 Å². The number of rotatable bonds is 7. The molecule has 1 aliphatic rings. The molecule has 5 N–H and O–H groups in total. The van der Waals surface area contributed by atoms with Crippen LogP contribution in [0.3, 0.4) is 0 Å². The van der Waals surface area contributed by atoms with E-state index in [2.05, 4.69) is 15.3 Å². The Kier molecular flexibility index (Phi) is 6.48. The lowest BCUT2D eigenvalue weighted by atomic mass is 9.83. The van der Waals surface area contributed by atoms with Crippen LogP contribution in [0.1, 0.15) is 36.9 Å². The summed E-state index contributed by atoms with van der Waals surface area (Å²) in [4.78, 5) is 21.7. The molecule has 9 heteroatoms. The quantitative estimate of drug-likeness (QED) is 0.477. The monoisotopic (exact) mass is 399 g/mol. The first-order valence-corrected chi connectivity index (χ1v) is 9.90. The van der Waals surface area contributed by atoms with Crippen molar-refractivity contribution in [2.75, 3.05) is 30.0 Å². The molecule has 0 unspecified atom stereocenters. The van der Waals surface area contributed by atoms with Gasteiger partial charge in [0.05, 0.1) is 4.92 Å². The minimum absolute atomic E-state index is 0.101. The van der Waals surface area contributed by atoms with Crippen molar-refractivity contribution in [3.05, 3.63) is 45.6 Å². The maximum atomic E-state index is 11.5. The Morgan fingerprint density at radius 1 is 1.21 bits per heavy atom. The van der Waals surface area contributed by atoms with Crippen LogP contribution in [-0.2, 0) is 13.0 Å². The third kappa shape index (κ3) is 5.11. The average molecular weight is 399 g/mol. The van der Waals surface area contributed by atoms with Crippen LogP contribution < -0.4 is 21.7 Å². The molecule has 1 heterocycles. The molecule has 0 amide bonds. The Bertz CT molecular complexity index is 864. The molecule has 0 aliphatic heterocycles. The standard InChI is InChI=1S/C20H29N7O2/c1-26(2)17-6-4-3-5-14(17)12-23-20-24-16(18(27(28)29)19(22)25-20)11-13-7-9-15(21)10-8-13/h3-6,13,15H,7-12,21H2,1-2H3,(H3,22,23,24,25). The zero-order chi connectivity index (χ0) is 21.0. The molecule has 29 heavy (non-hydrogen) atoms. The van der Waals surface area contributed by atoms with E-state index in [9.17, 15) is 10.1 Å². The number of nitrogens with two attached hydrogens (primary N) is 2. The maximum Gasteiger partial charge on any atom is 0.332 e. The van der Waals surface area contributed by atoms with E-state index in [4.69, 9.17) is 11.5 Å². The van der Waals surface area contributed by atoms with Gasteiger partial charge in [0, 0.05) is 32.4 Å². The van der Waals surface area contributed by atoms with E-state index in [1.165, 1.54) is 0 Å². The minimum Gasteiger partial charge on any atom is -0.378 e. The molecule has 0 atom stereocenters. The summed E-state index contributed by atoms with van der Waals surface area (Å²) in [5, 5.41) is 14.7. The first-order chi connectivity index (χ1) is 13.8. The van der Waals surface area contributed by atoms with E-state index in [0.717, 1.165) is 36.9 Å². The number of nitro groups is 1. The molecular formula is C20H29N7O2. The highest BCUT2D eigenvalue weighted by Crippen LogP contribution is 2.32. The second-order valence-corrected chi connectivity index (χ2v) is 7.85. The Hall–Kier alpha value is -2.94. The van der Waals surface area contributed by atoms with Crippen molar-refractivity contribution >= 4 is 23.1 Å². The molecule has 0 spiro atoms. The zero-order valence-corrected chi connectivity index (χ0v) is 17.0. The van der Waals surface area contributed by atoms with Crippen LogP contribution >= 0.6 is 0 Å². The third-order valence-electron chi connectivity index (χ3n) is 5.45. The fraction of sp³-hybridized carbons (Fsp3) is 0.500. The lowest BCUT2D eigenvalue weighted by Gasteiger charge is -2.25. The predicted molar refractivity (Wildman–Crippen MR) is 115 cm³/mol. The number of nitrogens with one attached hydrogen (secondary N) is 1. The van der Waals surface area contributed by atoms with Crippen molar-refractivity contribution < 1.29 is 4.92 Å². The summed E-state index contributed by atoms with van der Waals surface area (Å²) in [7, 11) is 3.96. The summed E-state index contributed by atoms with van der Waals surface area (Å²) in [6.07, 6.45) is 4.28. The van der Waals surface area contributed by atoms with E-state index in [0.29, 0.717) is 30.5 Å². The summed E-state index contributed by atoms with van der Waals surface area (Å²) in [5.41, 5.74) is 14.3. The van der Waals surface area contributed by atoms with Gasteiger partial charge in [0.25, 0.3) is 0 Å². The van der Waals surface area contributed by atoms with Gasteiger partial charge < -0.3 is 21.7 Å². The topological polar surface area (TPSA) is 136 Å². The molecule has 1 aliphatic carbocycles. The number of nitrogen functional groups attached to an aromatic ring is 1. The van der Waals surface area contributed by atoms with Gasteiger partial charge in [-0.1, -0.05) is 18.2 Å². The molecule has 0 radical (unpaired) electrons. The summed E-state index contributed by atoms with van der Waals surface area (Å²) >= 11 is 0. The summed E-state index contributed by atoms with van der Waals surface area (Å²) < 4.78 is 0. The highest BCUT2D eigenvalue weighted by Gasteiger charge is 2.27. The average Bonchev–Trinajstić information content (AvgIpc) is 2.67. The Morgan fingerprint density at radius 2 is 1.90 bits per heavy atom. The second kappa shape index (κ2) is 9.04. The number of aromatic nitrogens is 2. The number of hydrogen-bond donors (Lipinski definition) is 3. The van der Waals surface area contributed by atoms with Gasteiger partial charge >= 0.3 is 5.69 Å². The molecule has 1 fully saturated rings. The second-order valence-electron chi connectivity index (χ2n) is 7.85. The van der Waals surface area contributed by atoms with Crippen LogP contribution in [0.4, 0.5) is 23.1 Å². The minimum atomic E-state index is -0.482. The number of hydrogen-bond acceptors (Lipinski definition) is 8. The van der Waals surface area contributed by atoms with Crippen molar-refractivity contribution in [1.29, 1.82) is 0 Å². The summed E-state index contributed by atoms with van der Waals surface area (Å²) in [5.74, 6) is 0.533. The molecule has 2 aromatic rings. The molecule has 156 valence electrons. The van der Waals surface area contributed by atoms with Crippen LogP contribution in [0.2, 0.25) is 0 Å². The molecule has 0 bridgehead atoms. The first-order valence-electron chi connectivity index (χ1n) is 9.90. The summed E-state index contributed by atoms with van der Waals surface area (Å²) in [6, 6.07) is 8.22. The van der Waals surface area contributed by atoms with Crippen molar-refractivity contribution in [1.82, 2.24) is 9.97 Å². The van der Waals surface area contributed by atoms with Gasteiger partial charge in [-0.05, 0) is 49.7 Å². The van der Waals surface area contributed by atoms with Crippen LogP contribution in [0.5, 0.6) is 0 Å². The first kappa shape index (κ1) is 20.8. The van der Waals surface area contributed by atoms with Gasteiger partial charge in [-0.15, -0.1) is 0 Å². The molecule has 1 aromatic carbocycles. The highest BCUT2D eigenvalue weighted by atomic mass is 16.6. The maximum absolute atomic E-state index is 11.5. The van der Waals surface area contributed by atoms with Crippen molar-refractivity contribution in [2.24, 2.45) is 11.7 Å². The van der Waals surface area contributed by atoms with E-state index in [1.54, 1.807) is 0 Å². The van der Waals surface area contributed by atoms with Gasteiger partial charge in [-0.3, -0.25) is 10.1 Å². The van der Waals surface area contributed by atoms with E-state index < -0.39 is 4.92 Å². The Morgan fingerprint density at radius 3 is 2.55 bits per heavy atom. The molecule has 3 rings (SSSR count). The third-order valence-corrected chi connectivity index (χ3v) is 5.45. The van der Waals surface area contributed by atoms with Gasteiger partial charge in [-0.2, -0.15) is 4.98 Å². The fourth-order valence-corrected chi connectivity index (χ4v) is 3.88.